The quantitative estimate of drug-likeness (QED) is 0.0491. The predicted molar refractivity (Wildman–Crippen MR) is 210 cm³/mol. The maximum Gasteiger partial charge on any atom is 0.324 e. The molecule has 0 amide bonds. The SMILES string of the molecule is CC(C)/C(N)=N\O.CC(C)C#N.CCCCC1CCN(c2nc(C(C)C)no2)CC1.N#CN1CCC(CCCO)CC1.OCCCC1CCNCC1. The summed E-state index contributed by atoms with van der Waals surface area (Å²) in [4.78, 5) is 8.52. The fourth-order valence-electron chi connectivity index (χ4n) is 5.86. The number of piperidine rings is 3. The van der Waals surface area contributed by atoms with Gasteiger partial charge in [-0.1, -0.05) is 64.2 Å². The van der Waals surface area contributed by atoms with Crippen LogP contribution in [0.3, 0.4) is 0 Å². The molecule has 3 aliphatic rings. The summed E-state index contributed by atoms with van der Waals surface area (Å²) >= 11 is 0. The zero-order chi connectivity index (χ0) is 39.1. The van der Waals surface area contributed by atoms with Crippen LogP contribution in [-0.4, -0.2) is 88.8 Å². The summed E-state index contributed by atoms with van der Waals surface area (Å²) in [7, 11) is 0. The zero-order valence-corrected chi connectivity index (χ0v) is 33.8. The van der Waals surface area contributed by atoms with E-state index in [0.29, 0.717) is 25.1 Å². The van der Waals surface area contributed by atoms with Crippen molar-refractivity contribution in [2.45, 2.75) is 138 Å². The molecule has 0 radical (unpaired) electrons. The number of aromatic nitrogens is 2. The van der Waals surface area contributed by atoms with Crippen LogP contribution >= 0.6 is 0 Å². The highest BCUT2D eigenvalue weighted by Gasteiger charge is 2.23. The number of hydrogen-bond acceptors (Lipinski definition) is 12. The fraction of sp³-hybridized carbons (Fsp3) is 0.872. The van der Waals surface area contributed by atoms with Gasteiger partial charge in [0.05, 0.1) is 6.07 Å². The molecule has 300 valence electrons. The van der Waals surface area contributed by atoms with E-state index >= 15 is 0 Å². The summed E-state index contributed by atoms with van der Waals surface area (Å²) < 4.78 is 5.35. The van der Waals surface area contributed by atoms with Gasteiger partial charge in [-0.15, -0.1) is 0 Å². The van der Waals surface area contributed by atoms with Gasteiger partial charge in [0.2, 0.25) is 0 Å². The number of unbranched alkanes of at least 4 members (excludes halogenated alkanes) is 1. The average Bonchev–Trinajstić information content (AvgIpc) is 3.68. The first-order valence-electron chi connectivity index (χ1n) is 20.0. The van der Waals surface area contributed by atoms with E-state index in [1.807, 2.05) is 38.7 Å². The van der Waals surface area contributed by atoms with Gasteiger partial charge >= 0.3 is 6.01 Å². The van der Waals surface area contributed by atoms with Crippen molar-refractivity contribution in [1.82, 2.24) is 20.4 Å². The summed E-state index contributed by atoms with van der Waals surface area (Å²) in [6.07, 6.45) is 17.8. The van der Waals surface area contributed by atoms with Crippen molar-refractivity contribution in [3.05, 3.63) is 5.82 Å². The van der Waals surface area contributed by atoms with Crippen LogP contribution in [0.4, 0.5) is 6.01 Å². The number of nitrogens with two attached hydrogens (primary N) is 1. The summed E-state index contributed by atoms with van der Waals surface area (Å²) in [5.74, 6) is 4.28. The number of amidine groups is 1. The molecule has 0 aliphatic carbocycles. The van der Waals surface area contributed by atoms with E-state index in [2.05, 4.69) is 52.5 Å². The molecule has 4 rings (SSSR count). The van der Waals surface area contributed by atoms with Crippen LogP contribution in [0.2, 0.25) is 0 Å². The Morgan fingerprint density at radius 3 is 1.71 bits per heavy atom. The molecule has 0 saturated carbocycles. The Bertz CT molecular complexity index is 1080. The largest absolute Gasteiger partial charge is 0.409 e. The van der Waals surface area contributed by atoms with Crippen LogP contribution in [0.1, 0.15) is 144 Å². The Hall–Kier alpha value is -3.13. The topological polar surface area (TPSA) is 204 Å². The third-order valence-corrected chi connectivity index (χ3v) is 9.52. The van der Waals surface area contributed by atoms with Gasteiger partial charge in [0.25, 0.3) is 0 Å². The molecule has 3 saturated heterocycles. The molecule has 0 unspecified atom stereocenters. The van der Waals surface area contributed by atoms with E-state index in [4.69, 9.17) is 36.2 Å². The highest BCUT2D eigenvalue weighted by Crippen LogP contribution is 2.26. The molecule has 0 atom stereocenters. The van der Waals surface area contributed by atoms with Gasteiger partial charge in [-0.3, -0.25) is 0 Å². The minimum absolute atomic E-state index is 0.144. The first-order chi connectivity index (χ1) is 24.9. The molecule has 0 bridgehead atoms. The second-order valence-corrected chi connectivity index (χ2v) is 15.1. The minimum Gasteiger partial charge on any atom is -0.409 e. The fourth-order valence-corrected chi connectivity index (χ4v) is 5.86. The number of likely N-dealkylation sites (tertiary alicyclic amines) is 1. The average molecular weight is 734 g/mol. The van der Waals surface area contributed by atoms with Crippen molar-refractivity contribution < 1.29 is 19.9 Å². The van der Waals surface area contributed by atoms with E-state index in [0.717, 1.165) is 81.9 Å². The van der Waals surface area contributed by atoms with Crippen LogP contribution in [0.5, 0.6) is 0 Å². The summed E-state index contributed by atoms with van der Waals surface area (Å²) in [5, 5.41) is 51.8. The van der Waals surface area contributed by atoms with Crippen molar-refractivity contribution in [3.8, 4) is 12.3 Å². The third-order valence-electron chi connectivity index (χ3n) is 9.52. The van der Waals surface area contributed by atoms with Crippen molar-refractivity contribution in [1.29, 1.82) is 10.5 Å². The third kappa shape index (κ3) is 24.2. The lowest BCUT2D eigenvalue weighted by atomic mass is 9.92. The summed E-state index contributed by atoms with van der Waals surface area (Å²) in [6, 6.07) is 2.74. The van der Waals surface area contributed by atoms with E-state index in [-0.39, 0.29) is 17.7 Å². The summed E-state index contributed by atoms with van der Waals surface area (Å²) in [5.41, 5.74) is 5.12. The number of oxime groups is 1. The minimum atomic E-state index is 0.144. The van der Waals surface area contributed by atoms with E-state index < -0.39 is 0 Å². The van der Waals surface area contributed by atoms with Gasteiger partial charge in [-0.05, 0) is 109 Å². The van der Waals surface area contributed by atoms with Crippen molar-refractivity contribution >= 4 is 11.9 Å². The smallest absolute Gasteiger partial charge is 0.324 e. The molecule has 4 heterocycles. The van der Waals surface area contributed by atoms with Crippen LogP contribution in [-0.2, 0) is 0 Å². The van der Waals surface area contributed by atoms with E-state index in [1.165, 1.54) is 64.5 Å². The lowest BCUT2D eigenvalue weighted by Gasteiger charge is -2.30. The molecular weight excluding hydrogens is 658 g/mol. The van der Waals surface area contributed by atoms with Gasteiger partial charge in [0.1, 0.15) is 5.84 Å². The number of aliphatic hydroxyl groups is 2. The van der Waals surface area contributed by atoms with Crippen LogP contribution in [0.15, 0.2) is 9.68 Å². The normalized spacial score (nSPS) is 17.1. The van der Waals surface area contributed by atoms with Crippen LogP contribution in [0, 0.1) is 52.4 Å². The number of rotatable bonds is 12. The molecule has 52 heavy (non-hydrogen) atoms. The zero-order valence-electron chi connectivity index (χ0n) is 33.8. The monoisotopic (exact) mass is 734 g/mol. The molecule has 3 fully saturated rings. The van der Waals surface area contributed by atoms with E-state index in [9.17, 15) is 0 Å². The molecule has 1 aromatic rings. The maximum atomic E-state index is 8.63. The molecule has 3 aliphatic heterocycles. The molecule has 0 spiro atoms. The first kappa shape index (κ1) is 48.9. The highest BCUT2D eigenvalue weighted by atomic mass is 16.5. The van der Waals surface area contributed by atoms with Gasteiger partial charge in [0.15, 0.2) is 12.0 Å². The van der Waals surface area contributed by atoms with Gasteiger partial charge in [-0.2, -0.15) is 15.5 Å². The Balaban J connectivity index is 0.000000671. The van der Waals surface area contributed by atoms with E-state index in [1.54, 1.807) is 0 Å². The van der Waals surface area contributed by atoms with Gasteiger partial charge < -0.3 is 40.8 Å². The molecule has 6 N–H and O–H groups in total. The van der Waals surface area contributed by atoms with Gasteiger partial charge in [0, 0.05) is 57.1 Å². The number of nitriles is 2. The van der Waals surface area contributed by atoms with Crippen LogP contribution < -0.4 is 16.0 Å². The standard InChI is InChI=1S/C14H25N3O.C9H16N2O.C8H17NO.C4H10N2O.C4H7N/c1-4-5-6-12-7-9-17(10-8-12)14-15-13(11(2)3)16-18-14;10-8-11-5-3-9(4-6-11)2-1-7-12;10-7-1-2-8-3-5-9-6-4-8;1-3(2)4(5)6-7;1-4(2)3-5/h11-12H,4-10H2,1-3H3;9,12H,1-7H2;8-10H,1-7H2;3,7H,1-2H3,(H2,5,6);4H,1-2H3. The Morgan fingerprint density at radius 2 is 1.35 bits per heavy atom. The number of hydrogen-bond donors (Lipinski definition) is 5. The molecule has 1 aromatic heterocycles. The van der Waals surface area contributed by atoms with Gasteiger partial charge in [-0.25, -0.2) is 0 Å². The second-order valence-electron chi connectivity index (χ2n) is 15.1. The molecular formula is C39H75N9O4. The van der Waals surface area contributed by atoms with Crippen LogP contribution in [0.25, 0.3) is 0 Å². The number of anilines is 1. The molecule has 0 aromatic carbocycles. The van der Waals surface area contributed by atoms with Crippen molar-refractivity contribution in [2.75, 3.05) is 57.4 Å². The predicted octanol–water partition coefficient (Wildman–Crippen LogP) is 6.86. The Kier molecular flexibility index (Phi) is 29.5. The highest BCUT2D eigenvalue weighted by molar-refractivity contribution is 5.81. The second kappa shape index (κ2) is 31.4. The number of aliphatic hydroxyl groups excluding tert-OH is 2. The number of nitrogens with zero attached hydrogens (tertiary/aromatic N) is 7. The lowest BCUT2D eigenvalue weighted by molar-refractivity contribution is 0.218. The molecule has 13 heteroatoms. The Morgan fingerprint density at radius 1 is 0.865 bits per heavy atom. The molecule has 13 nitrogen and oxygen atoms in total. The number of nitrogens with one attached hydrogen (secondary N) is 1. The first-order valence-corrected chi connectivity index (χ1v) is 20.0. The van der Waals surface area contributed by atoms with Crippen molar-refractivity contribution in [3.63, 3.8) is 0 Å². The lowest BCUT2D eigenvalue weighted by Crippen LogP contribution is -2.33. The Labute approximate surface area is 316 Å². The van der Waals surface area contributed by atoms with Crippen molar-refractivity contribution in [2.24, 2.45) is 40.5 Å². The summed E-state index contributed by atoms with van der Waals surface area (Å²) in [6.45, 7) is 20.8. The maximum absolute atomic E-state index is 8.63.